The first-order valence-corrected chi connectivity index (χ1v) is 9.23. The SMILES string of the molecule is CC[C@H](C)[C@H](N)CNC(=O)c1c[c]ccc1-c1ccc(OC(C)C)cc1. The van der Waals surface area contributed by atoms with Gasteiger partial charge in [-0.2, -0.15) is 0 Å². The third-order valence-electron chi connectivity index (χ3n) is 4.52. The Hall–Kier alpha value is -2.33. The summed E-state index contributed by atoms with van der Waals surface area (Å²) in [4.78, 5) is 12.7. The average Bonchev–Trinajstić information content (AvgIpc) is 2.65. The maximum Gasteiger partial charge on any atom is 0.251 e. The number of ether oxygens (including phenoxy) is 1. The Balaban J connectivity index is 2.15. The molecule has 2 aromatic rings. The maximum atomic E-state index is 12.7. The third kappa shape index (κ3) is 5.33. The monoisotopic (exact) mass is 353 g/mol. The lowest BCUT2D eigenvalue weighted by molar-refractivity contribution is 0.0949. The molecule has 0 aliphatic rings. The molecule has 0 unspecified atom stereocenters. The summed E-state index contributed by atoms with van der Waals surface area (Å²) >= 11 is 0. The largest absolute Gasteiger partial charge is 0.491 e. The van der Waals surface area contributed by atoms with Crippen molar-refractivity contribution in [2.45, 2.75) is 46.3 Å². The third-order valence-corrected chi connectivity index (χ3v) is 4.52. The van der Waals surface area contributed by atoms with Crippen molar-refractivity contribution in [2.24, 2.45) is 11.7 Å². The Morgan fingerprint density at radius 3 is 2.50 bits per heavy atom. The Labute approximate surface area is 156 Å². The van der Waals surface area contributed by atoms with Crippen LogP contribution >= 0.6 is 0 Å². The van der Waals surface area contributed by atoms with Crippen molar-refractivity contribution in [1.29, 1.82) is 0 Å². The van der Waals surface area contributed by atoms with E-state index in [1.165, 1.54) is 0 Å². The summed E-state index contributed by atoms with van der Waals surface area (Å²) in [6.45, 7) is 8.65. The topological polar surface area (TPSA) is 64.3 Å². The molecule has 139 valence electrons. The molecule has 0 aliphatic heterocycles. The van der Waals surface area contributed by atoms with Crippen molar-refractivity contribution in [2.75, 3.05) is 6.54 Å². The molecule has 4 heteroatoms. The molecule has 0 spiro atoms. The van der Waals surface area contributed by atoms with Crippen LogP contribution < -0.4 is 15.8 Å². The van der Waals surface area contributed by atoms with Gasteiger partial charge in [0.2, 0.25) is 0 Å². The summed E-state index contributed by atoms with van der Waals surface area (Å²) in [6, 6.07) is 16.2. The number of benzene rings is 2. The number of amides is 1. The van der Waals surface area contributed by atoms with Crippen LogP contribution in [0.2, 0.25) is 0 Å². The molecule has 0 fully saturated rings. The lowest BCUT2D eigenvalue weighted by atomic mass is 9.98. The van der Waals surface area contributed by atoms with Gasteiger partial charge in [-0.05, 0) is 55.2 Å². The second-order valence-electron chi connectivity index (χ2n) is 6.92. The highest BCUT2D eigenvalue weighted by molar-refractivity contribution is 6.00. The Bertz CT molecular complexity index is 710. The van der Waals surface area contributed by atoms with E-state index < -0.39 is 0 Å². The van der Waals surface area contributed by atoms with Crippen molar-refractivity contribution in [3.63, 3.8) is 0 Å². The van der Waals surface area contributed by atoms with E-state index in [0.29, 0.717) is 18.0 Å². The van der Waals surface area contributed by atoms with Crippen molar-refractivity contribution in [3.8, 4) is 16.9 Å². The summed E-state index contributed by atoms with van der Waals surface area (Å²) in [5, 5.41) is 2.95. The number of carbonyl (C=O) groups excluding carboxylic acids is 1. The van der Waals surface area contributed by atoms with Crippen LogP contribution in [0.15, 0.2) is 42.5 Å². The number of carbonyl (C=O) groups is 1. The lowest BCUT2D eigenvalue weighted by Gasteiger charge is -2.19. The number of nitrogens with one attached hydrogen (secondary N) is 1. The molecule has 2 atom stereocenters. The molecule has 0 aliphatic carbocycles. The normalized spacial score (nSPS) is 13.3. The van der Waals surface area contributed by atoms with Crippen LogP contribution in [0.1, 0.15) is 44.5 Å². The molecule has 2 aromatic carbocycles. The molecule has 0 saturated carbocycles. The summed E-state index contributed by atoms with van der Waals surface area (Å²) < 4.78 is 5.68. The Morgan fingerprint density at radius 2 is 1.88 bits per heavy atom. The zero-order valence-electron chi connectivity index (χ0n) is 16.1. The van der Waals surface area contributed by atoms with Gasteiger partial charge < -0.3 is 15.8 Å². The summed E-state index contributed by atoms with van der Waals surface area (Å²) in [5.74, 6) is 1.06. The molecule has 0 aromatic heterocycles. The fraction of sp³-hybridized carbons (Fsp3) is 0.409. The Morgan fingerprint density at radius 1 is 1.19 bits per heavy atom. The van der Waals surface area contributed by atoms with Crippen LogP contribution in [-0.2, 0) is 0 Å². The fourth-order valence-corrected chi connectivity index (χ4v) is 2.66. The van der Waals surface area contributed by atoms with Crippen LogP contribution in [0.4, 0.5) is 0 Å². The van der Waals surface area contributed by atoms with Gasteiger partial charge in [0, 0.05) is 18.2 Å². The van der Waals surface area contributed by atoms with E-state index in [2.05, 4.69) is 25.2 Å². The summed E-state index contributed by atoms with van der Waals surface area (Å²) in [6.07, 6.45) is 1.12. The van der Waals surface area contributed by atoms with E-state index in [4.69, 9.17) is 10.5 Å². The van der Waals surface area contributed by atoms with Gasteiger partial charge in [0.05, 0.1) is 6.10 Å². The molecular formula is C22H29N2O2. The van der Waals surface area contributed by atoms with E-state index >= 15 is 0 Å². The first-order chi connectivity index (χ1) is 12.4. The highest BCUT2D eigenvalue weighted by Crippen LogP contribution is 2.26. The maximum absolute atomic E-state index is 12.7. The smallest absolute Gasteiger partial charge is 0.251 e. The summed E-state index contributed by atoms with van der Waals surface area (Å²) in [7, 11) is 0. The van der Waals surface area contributed by atoms with Gasteiger partial charge in [0.25, 0.3) is 5.91 Å². The van der Waals surface area contributed by atoms with Gasteiger partial charge in [0.1, 0.15) is 5.75 Å². The van der Waals surface area contributed by atoms with Crippen molar-refractivity contribution in [1.82, 2.24) is 5.32 Å². The molecule has 0 saturated heterocycles. The van der Waals surface area contributed by atoms with Crippen molar-refractivity contribution >= 4 is 5.91 Å². The highest BCUT2D eigenvalue weighted by atomic mass is 16.5. The van der Waals surface area contributed by atoms with E-state index in [9.17, 15) is 4.79 Å². The predicted molar refractivity (Wildman–Crippen MR) is 106 cm³/mol. The molecule has 1 radical (unpaired) electrons. The van der Waals surface area contributed by atoms with Gasteiger partial charge >= 0.3 is 0 Å². The van der Waals surface area contributed by atoms with Gasteiger partial charge in [-0.25, -0.2) is 0 Å². The van der Waals surface area contributed by atoms with E-state index in [-0.39, 0.29) is 18.1 Å². The van der Waals surface area contributed by atoms with E-state index in [1.807, 2.05) is 50.2 Å². The van der Waals surface area contributed by atoms with Crippen molar-refractivity contribution in [3.05, 3.63) is 54.1 Å². The zero-order chi connectivity index (χ0) is 19.1. The molecule has 26 heavy (non-hydrogen) atoms. The highest BCUT2D eigenvalue weighted by Gasteiger charge is 2.16. The minimum atomic E-state index is -0.127. The van der Waals surface area contributed by atoms with Gasteiger partial charge in [-0.1, -0.05) is 44.5 Å². The minimum Gasteiger partial charge on any atom is -0.491 e. The average molecular weight is 353 g/mol. The fourth-order valence-electron chi connectivity index (χ4n) is 2.66. The predicted octanol–water partition coefficient (Wildman–Crippen LogP) is 4.04. The van der Waals surface area contributed by atoms with Crippen molar-refractivity contribution < 1.29 is 9.53 Å². The molecule has 0 heterocycles. The second-order valence-corrected chi connectivity index (χ2v) is 6.92. The van der Waals surface area contributed by atoms with E-state index in [1.54, 1.807) is 6.07 Å². The second kappa shape index (κ2) is 9.39. The quantitative estimate of drug-likeness (QED) is 0.753. The van der Waals surface area contributed by atoms with Crippen LogP contribution in [-0.4, -0.2) is 24.6 Å². The molecule has 2 rings (SSSR count). The molecular weight excluding hydrogens is 324 g/mol. The first-order valence-electron chi connectivity index (χ1n) is 9.23. The standard InChI is InChI=1S/C22H29N2O2/c1-5-16(4)21(23)14-24-22(25)20-9-7-6-8-19(20)17-10-12-18(13-11-17)26-15(2)3/h6,8-13,15-16,21H,5,14,23H2,1-4H3,(H,24,25)/t16-,21+/m0/s1. The van der Waals surface area contributed by atoms with E-state index in [0.717, 1.165) is 23.3 Å². The number of hydrogen-bond donors (Lipinski definition) is 2. The van der Waals surface area contributed by atoms with Crippen LogP contribution in [0.3, 0.4) is 0 Å². The van der Waals surface area contributed by atoms with Gasteiger partial charge in [0.15, 0.2) is 0 Å². The summed E-state index contributed by atoms with van der Waals surface area (Å²) in [5.41, 5.74) is 8.56. The van der Waals surface area contributed by atoms with Gasteiger partial charge in [-0.3, -0.25) is 4.79 Å². The minimum absolute atomic E-state index is 0.0486. The molecule has 1 amide bonds. The number of rotatable bonds is 8. The Kier molecular flexibility index (Phi) is 7.22. The first kappa shape index (κ1) is 20.0. The lowest BCUT2D eigenvalue weighted by Crippen LogP contribution is -2.41. The number of nitrogens with two attached hydrogens (primary N) is 1. The zero-order valence-corrected chi connectivity index (χ0v) is 16.1. The number of hydrogen-bond acceptors (Lipinski definition) is 3. The van der Waals surface area contributed by atoms with Crippen LogP contribution in [0.25, 0.3) is 11.1 Å². The molecule has 0 bridgehead atoms. The molecule has 4 nitrogen and oxygen atoms in total. The van der Waals surface area contributed by atoms with Crippen LogP contribution in [0, 0.1) is 12.0 Å². The molecule has 3 N–H and O–H groups in total. The van der Waals surface area contributed by atoms with Gasteiger partial charge in [-0.15, -0.1) is 0 Å². The van der Waals surface area contributed by atoms with Crippen LogP contribution in [0.5, 0.6) is 5.75 Å².